The van der Waals surface area contributed by atoms with Gasteiger partial charge in [0.25, 0.3) is 0 Å². The second kappa shape index (κ2) is 10.2. The molecule has 0 spiro atoms. The molecule has 5 heteroatoms. The van der Waals surface area contributed by atoms with Crippen LogP contribution in [-0.2, 0) is 16.1 Å². The van der Waals surface area contributed by atoms with Gasteiger partial charge in [0.05, 0.1) is 13.2 Å². The maximum absolute atomic E-state index is 13.8. The Kier molecular flexibility index (Phi) is 8.00. The van der Waals surface area contributed by atoms with Gasteiger partial charge in [0, 0.05) is 13.1 Å². The number of ether oxygens (including phenoxy) is 1. The van der Waals surface area contributed by atoms with Crippen molar-refractivity contribution in [2.24, 2.45) is 5.92 Å². The van der Waals surface area contributed by atoms with E-state index in [1.54, 1.807) is 0 Å². The molecule has 1 aliphatic rings. The number of methoxy groups -OCH3 is 1. The quantitative estimate of drug-likeness (QED) is 0.444. The van der Waals surface area contributed by atoms with E-state index in [4.69, 9.17) is 4.74 Å². The standard InChI is InChI=1S/C23H31FN2O2/c1-17(18(2)15-21(24)19(3)28-5)11-13-25(4)22-12-14-26(23(22)27)16-20-9-7-6-8-10-20/h6-10,15,17,22H,2-3,11-14,16H2,1,4-5H3/b21-15+. The van der Waals surface area contributed by atoms with Gasteiger partial charge in [0.1, 0.15) is 5.76 Å². The molecule has 0 aromatic heterocycles. The second-order valence-corrected chi connectivity index (χ2v) is 7.41. The van der Waals surface area contributed by atoms with Crippen molar-refractivity contribution in [1.29, 1.82) is 0 Å². The Morgan fingerprint density at radius 2 is 2.07 bits per heavy atom. The molecule has 1 saturated heterocycles. The molecule has 0 radical (unpaired) electrons. The van der Waals surface area contributed by atoms with Gasteiger partial charge in [0.15, 0.2) is 5.83 Å². The maximum atomic E-state index is 13.8. The van der Waals surface area contributed by atoms with Gasteiger partial charge >= 0.3 is 0 Å². The fraction of sp³-hybridized carbons (Fsp3) is 0.435. The highest BCUT2D eigenvalue weighted by Gasteiger charge is 2.34. The zero-order valence-corrected chi connectivity index (χ0v) is 17.2. The molecule has 1 amide bonds. The topological polar surface area (TPSA) is 32.8 Å². The number of hydrogen-bond acceptors (Lipinski definition) is 3. The van der Waals surface area contributed by atoms with Crippen molar-refractivity contribution >= 4 is 5.91 Å². The van der Waals surface area contributed by atoms with Crippen LogP contribution >= 0.6 is 0 Å². The number of nitrogens with zero attached hydrogens (tertiary/aromatic N) is 2. The molecular weight excluding hydrogens is 355 g/mol. The van der Waals surface area contributed by atoms with Gasteiger partial charge in [-0.1, -0.05) is 50.4 Å². The molecule has 1 aromatic rings. The predicted octanol–water partition coefficient (Wildman–Crippen LogP) is 4.32. The average Bonchev–Trinajstić information content (AvgIpc) is 3.06. The smallest absolute Gasteiger partial charge is 0.240 e. The number of likely N-dealkylation sites (N-methyl/N-ethyl adjacent to an activating group) is 1. The van der Waals surface area contributed by atoms with Gasteiger partial charge in [-0.05, 0) is 49.6 Å². The third-order valence-corrected chi connectivity index (χ3v) is 5.39. The summed E-state index contributed by atoms with van der Waals surface area (Å²) in [6.07, 6.45) is 3.00. The Morgan fingerprint density at radius 1 is 1.39 bits per heavy atom. The average molecular weight is 387 g/mol. The van der Waals surface area contributed by atoms with E-state index in [2.05, 4.69) is 18.1 Å². The molecule has 28 heavy (non-hydrogen) atoms. The number of allylic oxidation sites excluding steroid dienone is 3. The third kappa shape index (κ3) is 5.80. The molecule has 0 N–H and O–H groups in total. The molecule has 2 unspecified atom stereocenters. The van der Waals surface area contributed by atoms with E-state index in [0.29, 0.717) is 12.1 Å². The van der Waals surface area contributed by atoms with Crippen molar-refractivity contribution < 1.29 is 13.9 Å². The van der Waals surface area contributed by atoms with Crippen LogP contribution in [0, 0.1) is 5.92 Å². The van der Waals surface area contributed by atoms with Crippen LogP contribution in [0.25, 0.3) is 0 Å². The summed E-state index contributed by atoms with van der Waals surface area (Å²) in [5.74, 6) is -0.231. The number of benzene rings is 1. The number of hydrogen-bond donors (Lipinski definition) is 0. The van der Waals surface area contributed by atoms with E-state index >= 15 is 0 Å². The van der Waals surface area contributed by atoms with Crippen LogP contribution in [0.3, 0.4) is 0 Å². The highest BCUT2D eigenvalue weighted by atomic mass is 19.1. The van der Waals surface area contributed by atoms with Crippen molar-refractivity contribution in [2.45, 2.75) is 32.4 Å². The molecule has 152 valence electrons. The summed E-state index contributed by atoms with van der Waals surface area (Å²) in [6.45, 7) is 11.6. The van der Waals surface area contributed by atoms with E-state index in [9.17, 15) is 9.18 Å². The van der Waals surface area contributed by atoms with Crippen LogP contribution in [0.5, 0.6) is 0 Å². The lowest BCUT2D eigenvalue weighted by molar-refractivity contribution is -0.132. The summed E-state index contributed by atoms with van der Waals surface area (Å²) in [6, 6.07) is 9.96. The Morgan fingerprint density at radius 3 is 2.71 bits per heavy atom. The minimum Gasteiger partial charge on any atom is -0.494 e. The molecule has 1 aliphatic heterocycles. The third-order valence-electron chi connectivity index (χ3n) is 5.39. The summed E-state index contributed by atoms with van der Waals surface area (Å²) < 4.78 is 18.6. The lowest BCUT2D eigenvalue weighted by Crippen LogP contribution is -2.40. The summed E-state index contributed by atoms with van der Waals surface area (Å²) in [7, 11) is 3.36. The van der Waals surface area contributed by atoms with E-state index in [0.717, 1.165) is 31.5 Å². The van der Waals surface area contributed by atoms with Crippen molar-refractivity contribution in [2.75, 3.05) is 27.2 Å². The van der Waals surface area contributed by atoms with Crippen LogP contribution in [0.15, 0.2) is 66.7 Å². The number of halogens is 1. The van der Waals surface area contributed by atoms with Gasteiger partial charge in [-0.3, -0.25) is 9.69 Å². The van der Waals surface area contributed by atoms with Crippen LogP contribution in [0.2, 0.25) is 0 Å². The first-order chi connectivity index (χ1) is 13.3. The van der Waals surface area contributed by atoms with Gasteiger partial charge in [-0.25, -0.2) is 4.39 Å². The zero-order chi connectivity index (χ0) is 20.7. The Hall–Kier alpha value is -2.40. The summed E-state index contributed by atoms with van der Waals surface area (Å²) >= 11 is 0. The van der Waals surface area contributed by atoms with Crippen LogP contribution in [0.4, 0.5) is 4.39 Å². The first-order valence-electron chi connectivity index (χ1n) is 9.65. The zero-order valence-electron chi connectivity index (χ0n) is 17.2. The first kappa shape index (κ1) is 21.9. The minimum absolute atomic E-state index is 0.000489. The highest BCUT2D eigenvalue weighted by molar-refractivity contribution is 5.83. The number of amides is 1. The summed E-state index contributed by atoms with van der Waals surface area (Å²) in [5.41, 5.74) is 1.84. The van der Waals surface area contributed by atoms with Crippen LogP contribution in [0.1, 0.15) is 25.3 Å². The molecule has 2 atom stereocenters. The normalized spacial score (nSPS) is 18.5. The Labute approximate surface area is 168 Å². The van der Waals surface area contributed by atoms with Gasteiger partial charge in [0.2, 0.25) is 5.91 Å². The molecule has 1 fully saturated rings. The molecule has 4 nitrogen and oxygen atoms in total. The van der Waals surface area contributed by atoms with Gasteiger partial charge in [-0.2, -0.15) is 0 Å². The Balaban J connectivity index is 1.84. The molecule has 0 aliphatic carbocycles. The largest absolute Gasteiger partial charge is 0.494 e. The van der Waals surface area contributed by atoms with Gasteiger partial charge < -0.3 is 9.64 Å². The van der Waals surface area contributed by atoms with Crippen LogP contribution in [-0.4, -0.2) is 49.0 Å². The van der Waals surface area contributed by atoms with Gasteiger partial charge in [-0.15, -0.1) is 0 Å². The summed E-state index contributed by atoms with van der Waals surface area (Å²) in [5, 5.41) is 0. The molecule has 2 rings (SSSR count). The minimum atomic E-state index is -0.504. The fourth-order valence-corrected chi connectivity index (χ4v) is 3.31. The number of rotatable bonds is 10. The van der Waals surface area contributed by atoms with Crippen LogP contribution < -0.4 is 0 Å². The van der Waals surface area contributed by atoms with Crippen molar-refractivity contribution in [3.05, 3.63) is 72.3 Å². The monoisotopic (exact) mass is 386 g/mol. The van der Waals surface area contributed by atoms with E-state index < -0.39 is 5.83 Å². The first-order valence-corrected chi connectivity index (χ1v) is 9.65. The number of carbonyl (C=O) groups excluding carboxylic acids is 1. The maximum Gasteiger partial charge on any atom is 0.240 e. The number of carbonyl (C=O) groups is 1. The van der Waals surface area contributed by atoms with E-state index in [1.165, 1.54) is 13.2 Å². The Bertz CT molecular complexity index is 729. The molecule has 0 saturated carbocycles. The SMILES string of the molecule is C=C(OC)/C(F)=C\C(=C)C(C)CCN(C)C1CCN(Cc2ccccc2)C1=O. The molecule has 1 heterocycles. The molecular formula is C23H31FN2O2. The van der Waals surface area contributed by atoms with E-state index in [1.807, 2.05) is 49.2 Å². The number of likely N-dealkylation sites (tertiary alicyclic amines) is 1. The fourth-order valence-electron chi connectivity index (χ4n) is 3.31. The van der Waals surface area contributed by atoms with E-state index in [-0.39, 0.29) is 23.6 Å². The lowest BCUT2D eigenvalue weighted by atomic mass is 9.97. The molecule has 0 bridgehead atoms. The highest BCUT2D eigenvalue weighted by Crippen LogP contribution is 2.22. The predicted molar refractivity (Wildman–Crippen MR) is 111 cm³/mol. The second-order valence-electron chi connectivity index (χ2n) is 7.41. The summed E-state index contributed by atoms with van der Waals surface area (Å²) in [4.78, 5) is 16.8. The van der Waals surface area contributed by atoms with Crippen molar-refractivity contribution in [3.8, 4) is 0 Å². The van der Waals surface area contributed by atoms with Crippen molar-refractivity contribution in [1.82, 2.24) is 9.80 Å². The molecule has 1 aromatic carbocycles. The van der Waals surface area contributed by atoms with Crippen molar-refractivity contribution in [3.63, 3.8) is 0 Å². The lowest BCUT2D eigenvalue weighted by Gasteiger charge is -2.25.